The second-order valence-electron chi connectivity index (χ2n) is 2.81. The maximum Gasteiger partial charge on any atom is 0.0524 e. The van der Waals surface area contributed by atoms with Crippen LogP contribution in [0, 0.1) is 0 Å². The van der Waals surface area contributed by atoms with Gasteiger partial charge in [-0.05, 0) is 12.0 Å². The summed E-state index contributed by atoms with van der Waals surface area (Å²) < 4.78 is 1.85. The van der Waals surface area contributed by atoms with Crippen molar-refractivity contribution in [3.05, 3.63) is 18.0 Å². The molecule has 1 saturated carbocycles. The predicted molar refractivity (Wildman–Crippen MR) is 43.3 cm³/mol. The van der Waals surface area contributed by atoms with Crippen molar-refractivity contribution in [2.75, 3.05) is 0 Å². The largest absolute Gasteiger partial charge is 0.276 e. The van der Waals surface area contributed by atoms with Crippen LogP contribution in [-0.2, 0) is 7.05 Å². The molecule has 0 N–H and O–H groups in total. The van der Waals surface area contributed by atoms with Gasteiger partial charge in [0.2, 0.25) is 0 Å². The zero-order chi connectivity index (χ0) is 7.14. The molecule has 0 spiro atoms. The van der Waals surface area contributed by atoms with Crippen LogP contribution in [0.2, 0.25) is 0 Å². The highest BCUT2D eigenvalue weighted by Crippen LogP contribution is 2.46. The van der Waals surface area contributed by atoms with Gasteiger partial charge in [-0.2, -0.15) is 5.10 Å². The molecule has 0 radical (unpaired) electrons. The summed E-state index contributed by atoms with van der Waals surface area (Å²) in [6.45, 7) is 0. The van der Waals surface area contributed by atoms with E-state index in [9.17, 15) is 0 Å². The van der Waals surface area contributed by atoms with Crippen LogP contribution in [0.25, 0.3) is 0 Å². The summed E-state index contributed by atoms with van der Waals surface area (Å²) in [6.07, 6.45) is 5.31. The van der Waals surface area contributed by atoms with Crippen molar-refractivity contribution in [2.45, 2.75) is 17.2 Å². The summed E-state index contributed by atoms with van der Waals surface area (Å²) in [5.74, 6) is 0.730. The van der Waals surface area contributed by atoms with Crippen LogP contribution in [0.5, 0.6) is 0 Å². The highest BCUT2D eigenvalue weighted by Gasteiger charge is 2.36. The van der Waals surface area contributed by atoms with Crippen LogP contribution in [-0.4, -0.2) is 14.6 Å². The number of alkyl halides is 1. The van der Waals surface area contributed by atoms with Gasteiger partial charge in [0.1, 0.15) is 0 Å². The van der Waals surface area contributed by atoms with E-state index >= 15 is 0 Å². The molecule has 10 heavy (non-hydrogen) atoms. The number of rotatable bonds is 1. The summed E-state index contributed by atoms with van der Waals surface area (Å²) in [7, 11) is 1.95. The van der Waals surface area contributed by atoms with E-state index in [0.717, 1.165) is 5.92 Å². The zero-order valence-electron chi connectivity index (χ0n) is 5.79. The Labute approximate surface area is 68.4 Å². The van der Waals surface area contributed by atoms with Crippen LogP contribution in [0.3, 0.4) is 0 Å². The lowest BCUT2D eigenvalue weighted by molar-refractivity contribution is 0.767. The lowest BCUT2D eigenvalue weighted by Gasteiger charge is -1.86. The molecule has 3 heteroatoms. The van der Waals surface area contributed by atoms with Gasteiger partial charge in [-0.3, -0.25) is 4.68 Å². The van der Waals surface area contributed by atoms with Crippen LogP contribution in [0.4, 0.5) is 0 Å². The van der Waals surface area contributed by atoms with Gasteiger partial charge < -0.3 is 0 Å². The molecule has 54 valence electrons. The highest BCUT2D eigenvalue weighted by atomic mass is 79.9. The Morgan fingerprint density at radius 3 is 2.90 bits per heavy atom. The Morgan fingerprint density at radius 2 is 2.50 bits per heavy atom. The lowest BCUT2D eigenvalue weighted by Crippen LogP contribution is -1.84. The molecule has 0 saturated heterocycles. The van der Waals surface area contributed by atoms with Crippen molar-refractivity contribution in [1.82, 2.24) is 9.78 Å². The standard InChI is InChI=1S/C7H9BrN2/c1-10-4-5(3-9-10)6-2-7(6)8/h3-4,6-7H,2H2,1H3/t6-,7+/m0/s1. The van der Waals surface area contributed by atoms with Gasteiger partial charge in [0, 0.05) is 24.0 Å². The molecule has 0 aliphatic heterocycles. The first-order valence-corrected chi connectivity index (χ1v) is 4.31. The third kappa shape index (κ3) is 0.985. The third-order valence-electron chi connectivity index (χ3n) is 1.87. The van der Waals surface area contributed by atoms with Crippen LogP contribution < -0.4 is 0 Å². The second kappa shape index (κ2) is 2.09. The van der Waals surface area contributed by atoms with E-state index in [1.807, 2.05) is 17.9 Å². The fourth-order valence-electron chi connectivity index (χ4n) is 1.14. The maximum absolute atomic E-state index is 4.11. The van der Waals surface area contributed by atoms with Crippen molar-refractivity contribution in [1.29, 1.82) is 0 Å². The molecule has 1 aromatic heterocycles. The molecule has 2 atom stereocenters. The van der Waals surface area contributed by atoms with Crippen LogP contribution in [0.1, 0.15) is 17.9 Å². The molecule has 0 aromatic carbocycles. The van der Waals surface area contributed by atoms with E-state index < -0.39 is 0 Å². The summed E-state index contributed by atoms with van der Waals surface area (Å²) in [6, 6.07) is 0. The monoisotopic (exact) mass is 200 g/mol. The molecule has 2 rings (SSSR count). The predicted octanol–water partition coefficient (Wildman–Crippen LogP) is 1.67. The van der Waals surface area contributed by atoms with E-state index in [2.05, 4.69) is 27.2 Å². The molecule has 1 aliphatic rings. The Kier molecular flexibility index (Phi) is 1.34. The quantitative estimate of drug-likeness (QED) is 0.632. The van der Waals surface area contributed by atoms with Gasteiger partial charge in [0.05, 0.1) is 6.20 Å². The SMILES string of the molecule is Cn1cc([C@@H]2C[C@H]2Br)cn1. The maximum atomic E-state index is 4.11. The number of halogens is 1. The van der Waals surface area contributed by atoms with Gasteiger partial charge >= 0.3 is 0 Å². The average molecular weight is 201 g/mol. The first kappa shape index (κ1) is 6.40. The van der Waals surface area contributed by atoms with E-state index in [0.29, 0.717) is 4.83 Å². The fourth-order valence-corrected chi connectivity index (χ4v) is 1.85. The molecular formula is C7H9BrN2. The van der Waals surface area contributed by atoms with E-state index in [4.69, 9.17) is 0 Å². The molecule has 2 nitrogen and oxygen atoms in total. The minimum atomic E-state index is 0.705. The molecule has 0 amide bonds. The van der Waals surface area contributed by atoms with Crippen LogP contribution in [0.15, 0.2) is 12.4 Å². The first-order valence-electron chi connectivity index (χ1n) is 3.40. The van der Waals surface area contributed by atoms with Crippen molar-refractivity contribution < 1.29 is 0 Å². The minimum absolute atomic E-state index is 0.705. The zero-order valence-corrected chi connectivity index (χ0v) is 7.37. The second-order valence-corrected chi connectivity index (χ2v) is 3.98. The lowest BCUT2D eigenvalue weighted by atomic mass is 10.2. The van der Waals surface area contributed by atoms with E-state index in [1.165, 1.54) is 12.0 Å². The minimum Gasteiger partial charge on any atom is -0.276 e. The number of hydrogen-bond donors (Lipinski definition) is 0. The van der Waals surface area contributed by atoms with Crippen LogP contribution >= 0.6 is 15.9 Å². The highest BCUT2D eigenvalue weighted by molar-refractivity contribution is 9.09. The van der Waals surface area contributed by atoms with Crippen molar-refractivity contribution in [3.8, 4) is 0 Å². The molecule has 1 fully saturated rings. The summed E-state index contributed by atoms with van der Waals surface area (Å²) in [5, 5.41) is 4.11. The normalized spacial score (nSPS) is 30.6. The number of aryl methyl sites for hydroxylation is 1. The molecule has 1 aliphatic carbocycles. The van der Waals surface area contributed by atoms with Crippen molar-refractivity contribution in [3.63, 3.8) is 0 Å². The Balaban J connectivity index is 2.20. The third-order valence-corrected chi connectivity index (χ3v) is 2.88. The summed E-state index contributed by atoms with van der Waals surface area (Å²) in [4.78, 5) is 0.705. The Hall–Kier alpha value is -0.310. The van der Waals surface area contributed by atoms with Crippen molar-refractivity contribution in [2.24, 2.45) is 7.05 Å². The van der Waals surface area contributed by atoms with Gasteiger partial charge in [-0.1, -0.05) is 15.9 Å². The molecule has 1 aromatic rings. The molecule has 1 heterocycles. The molecule has 0 bridgehead atoms. The summed E-state index contributed by atoms with van der Waals surface area (Å²) >= 11 is 3.56. The van der Waals surface area contributed by atoms with E-state index in [1.54, 1.807) is 0 Å². The molecule has 0 unspecified atom stereocenters. The average Bonchev–Trinajstić information content (AvgIpc) is 2.42. The smallest absolute Gasteiger partial charge is 0.0524 e. The first-order chi connectivity index (χ1) is 4.77. The molecular weight excluding hydrogens is 192 g/mol. The number of hydrogen-bond acceptors (Lipinski definition) is 1. The number of nitrogens with zero attached hydrogens (tertiary/aromatic N) is 2. The van der Waals surface area contributed by atoms with Gasteiger partial charge in [0.15, 0.2) is 0 Å². The van der Waals surface area contributed by atoms with Crippen molar-refractivity contribution >= 4 is 15.9 Å². The fraction of sp³-hybridized carbons (Fsp3) is 0.571. The topological polar surface area (TPSA) is 17.8 Å². The Morgan fingerprint density at radius 1 is 1.80 bits per heavy atom. The Bertz CT molecular complexity index is 244. The van der Waals surface area contributed by atoms with E-state index in [-0.39, 0.29) is 0 Å². The van der Waals surface area contributed by atoms with Gasteiger partial charge in [-0.15, -0.1) is 0 Å². The van der Waals surface area contributed by atoms with Gasteiger partial charge in [-0.25, -0.2) is 0 Å². The summed E-state index contributed by atoms with van der Waals surface area (Å²) in [5.41, 5.74) is 1.37. The number of aromatic nitrogens is 2. The van der Waals surface area contributed by atoms with Gasteiger partial charge in [0.25, 0.3) is 0 Å².